The highest BCUT2D eigenvalue weighted by atomic mass is 32.1. The van der Waals surface area contributed by atoms with Crippen LogP contribution in [0.3, 0.4) is 0 Å². The number of rotatable bonds is 6. The van der Waals surface area contributed by atoms with Gasteiger partial charge in [-0.3, -0.25) is 9.69 Å². The van der Waals surface area contributed by atoms with Crippen LogP contribution in [-0.4, -0.2) is 78.4 Å². The molecule has 0 spiro atoms. The lowest BCUT2D eigenvalue weighted by Crippen LogP contribution is -2.48. The number of aliphatic hydroxyl groups is 1. The van der Waals surface area contributed by atoms with Crippen LogP contribution in [0.15, 0.2) is 5.38 Å². The van der Waals surface area contributed by atoms with Crippen LogP contribution < -0.4 is 0 Å². The van der Waals surface area contributed by atoms with Crippen LogP contribution in [-0.2, 0) is 26.4 Å². The predicted molar refractivity (Wildman–Crippen MR) is 111 cm³/mol. The Morgan fingerprint density at radius 3 is 2.79 bits per heavy atom. The summed E-state index contributed by atoms with van der Waals surface area (Å²) >= 11 is 1.63. The zero-order valence-electron chi connectivity index (χ0n) is 17.3. The van der Waals surface area contributed by atoms with Gasteiger partial charge in [-0.05, 0) is 45.1 Å². The molecule has 0 aliphatic carbocycles. The lowest BCUT2D eigenvalue weighted by Gasteiger charge is -2.39. The Morgan fingerprint density at radius 2 is 2.07 bits per heavy atom. The number of nitrogens with zero attached hydrogens (tertiary/aromatic N) is 3. The molecule has 3 fully saturated rings. The summed E-state index contributed by atoms with van der Waals surface area (Å²) in [5.74, 6) is 0.314. The highest BCUT2D eigenvalue weighted by Gasteiger charge is 2.39. The standard InChI is InChI=1S/C21H33N3O4S/c1-27-14-17-3-2-8-24(17)13-19-22-18(15-29-19)21(26)6-9-23(10-7-21)20(25)16-4-11-28-12-5-16/h15-17,26H,2-14H2,1H3. The fourth-order valence-electron chi connectivity index (χ4n) is 4.81. The molecule has 162 valence electrons. The van der Waals surface area contributed by atoms with Gasteiger partial charge in [0.05, 0.1) is 18.8 Å². The van der Waals surface area contributed by atoms with E-state index in [1.165, 1.54) is 12.8 Å². The molecule has 1 unspecified atom stereocenters. The summed E-state index contributed by atoms with van der Waals surface area (Å²) < 4.78 is 10.7. The van der Waals surface area contributed by atoms with Crippen LogP contribution in [0.25, 0.3) is 0 Å². The van der Waals surface area contributed by atoms with Crippen LogP contribution in [0.4, 0.5) is 0 Å². The number of amides is 1. The summed E-state index contributed by atoms with van der Waals surface area (Å²) in [4.78, 5) is 21.9. The van der Waals surface area contributed by atoms with Crippen LogP contribution in [0, 0.1) is 5.92 Å². The van der Waals surface area contributed by atoms with E-state index in [0.29, 0.717) is 45.2 Å². The molecule has 1 N–H and O–H groups in total. The highest BCUT2D eigenvalue weighted by molar-refractivity contribution is 7.09. The van der Waals surface area contributed by atoms with Crippen LogP contribution in [0.5, 0.6) is 0 Å². The second kappa shape index (κ2) is 9.39. The zero-order valence-corrected chi connectivity index (χ0v) is 18.2. The van der Waals surface area contributed by atoms with Gasteiger partial charge in [0.25, 0.3) is 0 Å². The van der Waals surface area contributed by atoms with Gasteiger partial charge < -0.3 is 19.5 Å². The molecular weight excluding hydrogens is 390 g/mol. The fourth-order valence-corrected chi connectivity index (χ4v) is 5.72. The van der Waals surface area contributed by atoms with Crippen molar-refractivity contribution < 1.29 is 19.4 Å². The quantitative estimate of drug-likeness (QED) is 0.754. The molecule has 1 atom stereocenters. The van der Waals surface area contributed by atoms with Gasteiger partial charge in [0.15, 0.2) is 0 Å². The molecule has 3 aliphatic rings. The second-order valence-corrected chi connectivity index (χ2v) is 9.53. The summed E-state index contributed by atoms with van der Waals surface area (Å²) in [5, 5.41) is 14.3. The molecule has 1 aromatic rings. The largest absolute Gasteiger partial charge is 0.383 e. The van der Waals surface area contributed by atoms with E-state index in [0.717, 1.165) is 43.2 Å². The number of carbonyl (C=O) groups is 1. The van der Waals surface area contributed by atoms with Crippen molar-refractivity contribution in [3.8, 4) is 0 Å². The molecule has 0 saturated carbocycles. The minimum atomic E-state index is -0.919. The van der Waals surface area contributed by atoms with E-state index >= 15 is 0 Å². The lowest BCUT2D eigenvalue weighted by molar-refractivity contribution is -0.143. The molecule has 29 heavy (non-hydrogen) atoms. The molecule has 3 aliphatic heterocycles. The number of thiazole rings is 1. The van der Waals surface area contributed by atoms with E-state index in [9.17, 15) is 9.90 Å². The number of piperidine rings is 1. The number of aromatic nitrogens is 1. The summed E-state index contributed by atoms with van der Waals surface area (Å²) in [7, 11) is 1.76. The Bertz CT molecular complexity index is 683. The van der Waals surface area contributed by atoms with Gasteiger partial charge in [-0.1, -0.05) is 0 Å². The maximum Gasteiger partial charge on any atom is 0.225 e. The van der Waals surface area contributed by atoms with Crippen molar-refractivity contribution in [1.29, 1.82) is 0 Å². The van der Waals surface area contributed by atoms with Crippen molar-refractivity contribution >= 4 is 17.2 Å². The Kier molecular flexibility index (Phi) is 6.86. The molecule has 4 rings (SSSR count). The second-order valence-electron chi connectivity index (χ2n) is 8.59. The van der Waals surface area contributed by atoms with Crippen molar-refractivity contribution in [3.63, 3.8) is 0 Å². The van der Waals surface area contributed by atoms with Crippen molar-refractivity contribution in [2.24, 2.45) is 5.92 Å². The third-order valence-electron chi connectivity index (χ3n) is 6.70. The average Bonchev–Trinajstić information content (AvgIpc) is 3.40. The molecular formula is C21H33N3O4S. The van der Waals surface area contributed by atoms with Gasteiger partial charge in [0, 0.05) is 50.8 Å². The minimum absolute atomic E-state index is 0.0846. The molecule has 0 bridgehead atoms. The van der Waals surface area contributed by atoms with Gasteiger partial charge >= 0.3 is 0 Å². The van der Waals surface area contributed by atoms with Gasteiger partial charge in [0.1, 0.15) is 10.6 Å². The van der Waals surface area contributed by atoms with Crippen LogP contribution >= 0.6 is 11.3 Å². The Balaban J connectivity index is 1.33. The highest BCUT2D eigenvalue weighted by Crippen LogP contribution is 2.35. The first-order valence-electron chi connectivity index (χ1n) is 10.9. The summed E-state index contributed by atoms with van der Waals surface area (Å²) in [6.07, 6.45) is 5.12. The van der Waals surface area contributed by atoms with Gasteiger partial charge in [-0.2, -0.15) is 0 Å². The average molecular weight is 424 g/mol. The van der Waals surface area contributed by atoms with Gasteiger partial charge in [0.2, 0.25) is 5.91 Å². The summed E-state index contributed by atoms with van der Waals surface area (Å²) in [6, 6.07) is 0.467. The number of hydrogen-bond donors (Lipinski definition) is 1. The van der Waals surface area contributed by atoms with Crippen molar-refractivity contribution in [2.45, 2.75) is 56.7 Å². The third kappa shape index (κ3) is 4.82. The third-order valence-corrected chi connectivity index (χ3v) is 7.53. The van der Waals surface area contributed by atoms with Gasteiger partial charge in [-0.15, -0.1) is 11.3 Å². The number of likely N-dealkylation sites (tertiary alicyclic amines) is 2. The number of ether oxygens (including phenoxy) is 2. The molecule has 3 saturated heterocycles. The first kappa shape index (κ1) is 21.2. The van der Waals surface area contributed by atoms with E-state index in [1.54, 1.807) is 18.4 Å². The van der Waals surface area contributed by atoms with Crippen molar-refractivity contribution in [3.05, 3.63) is 16.1 Å². The van der Waals surface area contributed by atoms with E-state index in [4.69, 9.17) is 14.5 Å². The minimum Gasteiger partial charge on any atom is -0.383 e. The van der Waals surface area contributed by atoms with Gasteiger partial charge in [-0.25, -0.2) is 4.98 Å². The molecule has 1 amide bonds. The van der Waals surface area contributed by atoms with Crippen LogP contribution in [0.2, 0.25) is 0 Å². The predicted octanol–water partition coefficient (Wildman–Crippen LogP) is 1.99. The molecule has 0 radical (unpaired) electrons. The topological polar surface area (TPSA) is 75.1 Å². The van der Waals surface area contributed by atoms with Crippen molar-refractivity contribution in [2.75, 3.05) is 46.6 Å². The molecule has 0 aromatic carbocycles. The lowest BCUT2D eigenvalue weighted by atomic mass is 9.87. The fraction of sp³-hybridized carbons (Fsp3) is 0.810. The van der Waals surface area contributed by atoms with E-state index < -0.39 is 5.60 Å². The number of carbonyl (C=O) groups excluding carboxylic acids is 1. The monoisotopic (exact) mass is 423 g/mol. The summed E-state index contributed by atoms with van der Waals surface area (Å²) in [6.45, 7) is 5.22. The molecule has 1 aromatic heterocycles. The number of hydrogen-bond acceptors (Lipinski definition) is 7. The Hall–Kier alpha value is -1.06. The first-order valence-corrected chi connectivity index (χ1v) is 11.7. The maximum atomic E-state index is 12.7. The molecule has 7 nitrogen and oxygen atoms in total. The van der Waals surface area contributed by atoms with Crippen LogP contribution in [0.1, 0.15) is 49.2 Å². The number of methoxy groups -OCH3 is 1. The SMILES string of the molecule is COCC1CCCN1Cc1nc(C2(O)CCN(C(=O)C3CCOCC3)CC2)cs1. The van der Waals surface area contributed by atoms with E-state index in [2.05, 4.69) is 4.90 Å². The molecule has 8 heteroatoms. The van der Waals surface area contributed by atoms with E-state index in [-0.39, 0.29) is 11.8 Å². The first-order chi connectivity index (χ1) is 14.1. The zero-order chi connectivity index (χ0) is 20.3. The smallest absolute Gasteiger partial charge is 0.225 e. The molecule has 4 heterocycles. The Morgan fingerprint density at radius 1 is 1.31 bits per heavy atom. The van der Waals surface area contributed by atoms with Crippen molar-refractivity contribution in [1.82, 2.24) is 14.8 Å². The van der Waals surface area contributed by atoms with E-state index in [1.807, 2.05) is 10.3 Å². The summed E-state index contributed by atoms with van der Waals surface area (Å²) in [5.41, 5.74) is -0.142. The maximum absolute atomic E-state index is 12.7. The Labute approximate surface area is 177 Å². The normalized spacial score (nSPS) is 26.1.